The zero-order valence-corrected chi connectivity index (χ0v) is 18.2. The highest BCUT2D eigenvalue weighted by molar-refractivity contribution is 9.10. The van der Waals surface area contributed by atoms with Crippen molar-refractivity contribution in [2.45, 2.75) is 6.36 Å². The molecule has 0 aliphatic rings. The molecule has 32 heavy (non-hydrogen) atoms. The summed E-state index contributed by atoms with van der Waals surface area (Å²) in [6.07, 6.45) is -3.42. The third kappa shape index (κ3) is 7.05. The number of nitrogens with one attached hydrogen (secondary N) is 1. The van der Waals surface area contributed by atoms with Crippen molar-refractivity contribution >= 4 is 33.3 Å². The third-order valence-corrected chi connectivity index (χ3v) is 4.52. The molecular formula is C23H17BrF3NO4. The van der Waals surface area contributed by atoms with Gasteiger partial charge >= 0.3 is 12.3 Å². The summed E-state index contributed by atoms with van der Waals surface area (Å²) < 4.78 is 51.9. The van der Waals surface area contributed by atoms with Crippen LogP contribution in [0.1, 0.15) is 5.56 Å². The maximum Gasteiger partial charge on any atom is 0.573 e. The smallest absolute Gasteiger partial charge is 0.466 e. The molecule has 3 rings (SSSR count). The molecule has 0 unspecified atom stereocenters. The van der Waals surface area contributed by atoms with Gasteiger partial charge in [-0.1, -0.05) is 22.0 Å². The quantitative estimate of drug-likeness (QED) is 0.282. The molecule has 0 radical (unpaired) electrons. The van der Waals surface area contributed by atoms with Gasteiger partial charge in [0.05, 0.1) is 12.8 Å². The summed E-state index contributed by atoms with van der Waals surface area (Å²) in [5.74, 6) is -0.0663. The molecule has 5 nitrogen and oxygen atoms in total. The molecule has 0 amide bonds. The van der Waals surface area contributed by atoms with Crippen molar-refractivity contribution in [2.75, 3.05) is 12.4 Å². The monoisotopic (exact) mass is 507 g/mol. The van der Waals surface area contributed by atoms with Crippen molar-refractivity contribution in [2.24, 2.45) is 0 Å². The van der Waals surface area contributed by atoms with E-state index >= 15 is 0 Å². The minimum Gasteiger partial charge on any atom is -0.466 e. The van der Waals surface area contributed by atoms with Gasteiger partial charge in [-0.05, 0) is 72.3 Å². The first-order valence-electron chi connectivity index (χ1n) is 9.18. The lowest BCUT2D eigenvalue weighted by molar-refractivity contribution is -0.274. The van der Waals surface area contributed by atoms with Crippen LogP contribution in [0.2, 0.25) is 0 Å². The number of carbonyl (C=O) groups is 1. The van der Waals surface area contributed by atoms with Crippen molar-refractivity contribution in [3.05, 3.63) is 88.9 Å². The Morgan fingerprint density at radius 2 is 1.53 bits per heavy atom. The van der Waals surface area contributed by atoms with E-state index in [0.29, 0.717) is 22.8 Å². The van der Waals surface area contributed by atoms with Gasteiger partial charge in [0.2, 0.25) is 0 Å². The highest BCUT2D eigenvalue weighted by Crippen LogP contribution is 2.29. The predicted octanol–water partition coefficient (Wildman–Crippen LogP) is 6.77. The molecule has 0 saturated carbocycles. The molecule has 0 aliphatic heterocycles. The number of hydrogen-bond acceptors (Lipinski definition) is 5. The summed E-state index contributed by atoms with van der Waals surface area (Å²) in [4.78, 5) is 11.8. The van der Waals surface area contributed by atoms with Crippen molar-refractivity contribution in [3.8, 4) is 17.2 Å². The zero-order chi connectivity index (χ0) is 23.1. The van der Waals surface area contributed by atoms with Gasteiger partial charge in [0.25, 0.3) is 0 Å². The summed E-state index contributed by atoms with van der Waals surface area (Å²) >= 11 is 3.40. The third-order valence-electron chi connectivity index (χ3n) is 4.03. The Hall–Kier alpha value is -3.46. The molecule has 0 aliphatic carbocycles. The van der Waals surface area contributed by atoms with E-state index in [4.69, 9.17) is 9.47 Å². The fourth-order valence-corrected chi connectivity index (χ4v) is 3.04. The minimum atomic E-state index is -4.75. The molecule has 0 heterocycles. The first kappa shape index (κ1) is 23.2. The lowest BCUT2D eigenvalue weighted by atomic mass is 10.1. The predicted molar refractivity (Wildman–Crippen MR) is 117 cm³/mol. The second kappa shape index (κ2) is 10.2. The number of ether oxygens (including phenoxy) is 3. The number of hydrogen-bond donors (Lipinski definition) is 1. The Labute approximate surface area is 190 Å². The van der Waals surface area contributed by atoms with Crippen LogP contribution in [-0.4, -0.2) is 19.4 Å². The van der Waals surface area contributed by atoms with Crippen LogP contribution in [0.3, 0.4) is 0 Å². The van der Waals surface area contributed by atoms with Crippen LogP contribution in [0.25, 0.3) is 5.70 Å². The maximum absolute atomic E-state index is 12.3. The highest BCUT2D eigenvalue weighted by Gasteiger charge is 2.30. The average molecular weight is 508 g/mol. The topological polar surface area (TPSA) is 56.8 Å². The van der Waals surface area contributed by atoms with E-state index in [2.05, 4.69) is 26.0 Å². The number of rotatable bonds is 7. The van der Waals surface area contributed by atoms with Gasteiger partial charge in [-0.2, -0.15) is 0 Å². The van der Waals surface area contributed by atoms with Crippen LogP contribution in [0, 0.1) is 0 Å². The SMILES string of the molecule is COC(=O)/C=C(\Nc1cccc(Br)c1)c1ccc(Oc2ccc(OC(F)(F)F)cc2)cc1. The number of anilines is 1. The Bertz CT molecular complexity index is 1100. The van der Waals surface area contributed by atoms with Gasteiger partial charge in [0, 0.05) is 16.2 Å². The molecule has 166 valence electrons. The van der Waals surface area contributed by atoms with Crippen LogP contribution in [0.5, 0.6) is 17.2 Å². The van der Waals surface area contributed by atoms with Crippen molar-refractivity contribution in [1.82, 2.24) is 0 Å². The van der Waals surface area contributed by atoms with E-state index in [0.717, 1.165) is 22.3 Å². The molecule has 3 aromatic rings. The summed E-state index contributed by atoms with van der Waals surface area (Å²) in [7, 11) is 1.29. The fourth-order valence-electron chi connectivity index (χ4n) is 2.64. The van der Waals surface area contributed by atoms with Crippen LogP contribution < -0.4 is 14.8 Å². The Kier molecular flexibility index (Phi) is 7.42. The maximum atomic E-state index is 12.3. The van der Waals surface area contributed by atoms with Gasteiger partial charge in [0.1, 0.15) is 17.2 Å². The molecule has 0 saturated heterocycles. The normalized spacial score (nSPS) is 11.6. The van der Waals surface area contributed by atoms with Crippen LogP contribution >= 0.6 is 15.9 Å². The van der Waals surface area contributed by atoms with Gasteiger partial charge in [-0.25, -0.2) is 4.79 Å². The standard InChI is InChI=1S/C23H17BrF3NO4/c1-30-22(29)14-21(28-17-4-2-3-16(24)13-17)15-5-7-18(8-6-15)31-19-9-11-20(12-10-19)32-23(25,26)27/h2-14,28H,1H3/b21-14-. The van der Waals surface area contributed by atoms with Gasteiger partial charge < -0.3 is 19.5 Å². The molecule has 0 bridgehead atoms. The fraction of sp³-hybridized carbons (Fsp3) is 0.0870. The zero-order valence-electron chi connectivity index (χ0n) is 16.7. The molecule has 1 N–H and O–H groups in total. The molecule has 9 heteroatoms. The number of alkyl halides is 3. The number of esters is 1. The van der Waals surface area contributed by atoms with E-state index in [1.54, 1.807) is 24.3 Å². The molecule has 0 atom stereocenters. The van der Waals surface area contributed by atoms with Gasteiger partial charge in [-0.3, -0.25) is 0 Å². The van der Waals surface area contributed by atoms with Gasteiger partial charge in [-0.15, -0.1) is 13.2 Å². The lowest BCUT2D eigenvalue weighted by Gasteiger charge is -2.13. The Morgan fingerprint density at radius 1 is 0.938 bits per heavy atom. The van der Waals surface area contributed by atoms with E-state index in [-0.39, 0.29) is 5.75 Å². The molecule has 0 aromatic heterocycles. The first-order chi connectivity index (χ1) is 15.2. The van der Waals surface area contributed by atoms with Crippen molar-refractivity contribution in [1.29, 1.82) is 0 Å². The number of benzene rings is 3. The van der Waals surface area contributed by atoms with Crippen molar-refractivity contribution in [3.63, 3.8) is 0 Å². The number of methoxy groups -OCH3 is 1. The number of halogens is 4. The van der Waals surface area contributed by atoms with Crippen LogP contribution in [-0.2, 0) is 9.53 Å². The van der Waals surface area contributed by atoms with E-state index in [1.807, 2.05) is 24.3 Å². The Balaban J connectivity index is 1.75. The summed E-state index contributed by atoms with van der Waals surface area (Å²) in [5, 5.41) is 3.18. The molecule has 0 fully saturated rings. The first-order valence-corrected chi connectivity index (χ1v) is 9.97. The lowest BCUT2D eigenvalue weighted by Crippen LogP contribution is -2.16. The summed E-state index contributed by atoms with van der Waals surface area (Å²) in [6.45, 7) is 0. The van der Waals surface area contributed by atoms with Crippen molar-refractivity contribution < 1.29 is 32.2 Å². The summed E-state index contributed by atoms with van der Waals surface area (Å²) in [5.41, 5.74) is 1.96. The number of carbonyl (C=O) groups excluding carboxylic acids is 1. The van der Waals surface area contributed by atoms with E-state index in [1.165, 1.54) is 25.3 Å². The largest absolute Gasteiger partial charge is 0.573 e. The second-order valence-corrected chi connectivity index (χ2v) is 7.28. The second-order valence-electron chi connectivity index (χ2n) is 6.36. The highest BCUT2D eigenvalue weighted by atomic mass is 79.9. The molecule has 0 spiro atoms. The van der Waals surface area contributed by atoms with Gasteiger partial charge in [0.15, 0.2) is 0 Å². The van der Waals surface area contributed by atoms with Crippen LogP contribution in [0.15, 0.2) is 83.3 Å². The average Bonchev–Trinajstić information content (AvgIpc) is 2.74. The van der Waals surface area contributed by atoms with E-state index < -0.39 is 12.3 Å². The summed E-state index contributed by atoms with van der Waals surface area (Å²) in [6, 6.07) is 19.3. The van der Waals surface area contributed by atoms with E-state index in [9.17, 15) is 18.0 Å². The van der Waals surface area contributed by atoms with Crippen LogP contribution in [0.4, 0.5) is 18.9 Å². The minimum absolute atomic E-state index is 0.337. The molecular weight excluding hydrogens is 491 g/mol. The Morgan fingerprint density at radius 3 is 2.09 bits per heavy atom. The molecule has 3 aromatic carbocycles.